The zero-order valence-electron chi connectivity index (χ0n) is 10.5. The van der Waals surface area contributed by atoms with E-state index in [4.69, 9.17) is 9.15 Å². The highest BCUT2D eigenvalue weighted by molar-refractivity contribution is 5.86. The van der Waals surface area contributed by atoms with E-state index in [2.05, 4.69) is 0 Å². The van der Waals surface area contributed by atoms with E-state index >= 15 is 0 Å². The summed E-state index contributed by atoms with van der Waals surface area (Å²) in [5.74, 6) is 0.680. The highest BCUT2D eigenvalue weighted by atomic mass is 16.5. The molecule has 0 aliphatic carbocycles. The van der Waals surface area contributed by atoms with Crippen LogP contribution in [0.1, 0.15) is 29.8 Å². The van der Waals surface area contributed by atoms with E-state index in [1.807, 2.05) is 20.8 Å². The monoisotopic (exact) mass is 246 g/mol. The van der Waals surface area contributed by atoms with Gasteiger partial charge >= 0.3 is 0 Å². The second-order valence-corrected chi connectivity index (χ2v) is 4.37. The van der Waals surface area contributed by atoms with Crippen LogP contribution in [0.15, 0.2) is 27.6 Å². The third kappa shape index (κ3) is 2.01. The van der Waals surface area contributed by atoms with Crippen molar-refractivity contribution in [2.75, 3.05) is 0 Å². The Morgan fingerprint density at radius 2 is 2.06 bits per heavy atom. The van der Waals surface area contributed by atoms with E-state index in [1.54, 1.807) is 12.1 Å². The highest BCUT2D eigenvalue weighted by Gasteiger charge is 2.12. The van der Waals surface area contributed by atoms with Crippen LogP contribution in [-0.4, -0.2) is 12.4 Å². The molecule has 18 heavy (non-hydrogen) atoms. The van der Waals surface area contributed by atoms with Crippen molar-refractivity contribution in [1.82, 2.24) is 0 Å². The van der Waals surface area contributed by atoms with Crippen LogP contribution in [0.2, 0.25) is 0 Å². The number of hydrogen-bond acceptors (Lipinski definition) is 4. The molecule has 0 bridgehead atoms. The molecule has 0 N–H and O–H groups in total. The van der Waals surface area contributed by atoms with Crippen molar-refractivity contribution in [3.8, 4) is 5.75 Å². The largest absolute Gasteiger partial charge is 0.491 e. The fraction of sp³-hybridized carbons (Fsp3) is 0.286. The van der Waals surface area contributed by atoms with Gasteiger partial charge in [0.1, 0.15) is 17.6 Å². The van der Waals surface area contributed by atoms with Crippen LogP contribution in [0.25, 0.3) is 11.0 Å². The Kier molecular flexibility index (Phi) is 3.19. The number of hydrogen-bond donors (Lipinski definition) is 0. The van der Waals surface area contributed by atoms with Gasteiger partial charge in [0.15, 0.2) is 6.29 Å². The lowest BCUT2D eigenvalue weighted by Crippen LogP contribution is -2.10. The summed E-state index contributed by atoms with van der Waals surface area (Å²) in [5, 5.41) is 0.396. The van der Waals surface area contributed by atoms with Gasteiger partial charge in [-0.25, -0.2) is 0 Å². The number of ether oxygens (including phenoxy) is 1. The Bertz CT molecular complexity index is 653. The van der Waals surface area contributed by atoms with Gasteiger partial charge in [0.05, 0.1) is 17.1 Å². The minimum atomic E-state index is -0.314. The minimum absolute atomic E-state index is 0.0272. The molecular weight excluding hydrogens is 232 g/mol. The van der Waals surface area contributed by atoms with Crippen LogP contribution in [0, 0.1) is 6.92 Å². The lowest BCUT2D eigenvalue weighted by molar-refractivity contribution is 0.112. The normalized spacial score (nSPS) is 10.9. The van der Waals surface area contributed by atoms with Crippen LogP contribution in [0.5, 0.6) is 5.75 Å². The van der Waals surface area contributed by atoms with Gasteiger partial charge < -0.3 is 9.15 Å². The zero-order chi connectivity index (χ0) is 13.3. The number of benzene rings is 1. The maximum atomic E-state index is 11.9. The molecule has 1 aromatic heterocycles. The Morgan fingerprint density at radius 1 is 1.33 bits per heavy atom. The molecule has 0 saturated carbocycles. The number of carbonyl (C=O) groups is 1. The molecule has 1 aromatic carbocycles. The van der Waals surface area contributed by atoms with Crippen LogP contribution in [0.3, 0.4) is 0 Å². The van der Waals surface area contributed by atoms with Crippen molar-refractivity contribution in [1.29, 1.82) is 0 Å². The first-order valence-corrected chi connectivity index (χ1v) is 5.71. The second kappa shape index (κ2) is 4.64. The van der Waals surface area contributed by atoms with Crippen LogP contribution >= 0.6 is 0 Å². The molecule has 2 rings (SSSR count). The van der Waals surface area contributed by atoms with Crippen molar-refractivity contribution >= 4 is 17.3 Å². The molecule has 4 nitrogen and oxygen atoms in total. The van der Waals surface area contributed by atoms with E-state index in [0.29, 0.717) is 23.0 Å². The molecule has 1 heterocycles. The summed E-state index contributed by atoms with van der Waals surface area (Å²) in [4.78, 5) is 22.6. The van der Waals surface area contributed by atoms with Crippen molar-refractivity contribution in [3.63, 3.8) is 0 Å². The quantitative estimate of drug-likeness (QED) is 0.781. The Labute approximate surface area is 104 Å². The minimum Gasteiger partial charge on any atom is -0.491 e. The molecule has 0 amide bonds. The van der Waals surface area contributed by atoms with Gasteiger partial charge in [0.25, 0.3) is 0 Å². The Morgan fingerprint density at radius 3 is 2.67 bits per heavy atom. The molecule has 0 aliphatic rings. The predicted molar refractivity (Wildman–Crippen MR) is 68.4 cm³/mol. The van der Waals surface area contributed by atoms with Gasteiger partial charge in [-0.2, -0.15) is 0 Å². The summed E-state index contributed by atoms with van der Waals surface area (Å²) in [6.07, 6.45) is 1.73. The Hall–Kier alpha value is -2.10. The molecule has 0 atom stereocenters. The molecule has 0 radical (unpaired) electrons. The zero-order valence-corrected chi connectivity index (χ0v) is 10.5. The van der Waals surface area contributed by atoms with E-state index in [-0.39, 0.29) is 17.1 Å². The first-order chi connectivity index (χ1) is 8.54. The van der Waals surface area contributed by atoms with Crippen LogP contribution < -0.4 is 10.2 Å². The first-order valence-electron chi connectivity index (χ1n) is 5.71. The topological polar surface area (TPSA) is 56.5 Å². The van der Waals surface area contributed by atoms with Crippen molar-refractivity contribution in [3.05, 3.63) is 39.7 Å². The van der Waals surface area contributed by atoms with Gasteiger partial charge in [-0.05, 0) is 32.9 Å². The molecule has 4 heteroatoms. The molecule has 2 aromatic rings. The summed E-state index contributed by atoms with van der Waals surface area (Å²) in [6, 6.07) is 3.35. The van der Waals surface area contributed by atoms with Gasteiger partial charge in [-0.1, -0.05) is 0 Å². The molecular formula is C14H14O4. The second-order valence-electron chi connectivity index (χ2n) is 4.37. The van der Waals surface area contributed by atoms with E-state index in [0.717, 1.165) is 5.56 Å². The molecule has 0 fully saturated rings. The number of fused-ring (bicyclic) bond motifs is 1. The third-order valence-electron chi connectivity index (χ3n) is 2.66. The average molecular weight is 246 g/mol. The lowest BCUT2D eigenvalue weighted by Gasteiger charge is -2.13. The van der Waals surface area contributed by atoms with Crippen LogP contribution in [-0.2, 0) is 0 Å². The van der Waals surface area contributed by atoms with Crippen molar-refractivity contribution in [2.45, 2.75) is 26.9 Å². The molecule has 0 unspecified atom stereocenters. The summed E-state index contributed by atoms with van der Waals surface area (Å²) in [5.41, 5.74) is 0.935. The van der Waals surface area contributed by atoms with Crippen molar-refractivity contribution < 1.29 is 13.9 Å². The molecule has 0 spiro atoms. The SMILES string of the molecule is Cc1c(OC(C)C)ccc2c(=O)c(C=O)coc12. The van der Waals surface area contributed by atoms with Crippen LogP contribution in [0.4, 0.5) is 0 Å². The van der Waals surface area contributed by atoms with Gasteiger partial charge in [-0.3, -0.25) is 9.59 Å². The standard InChI is InChI=1S/C14H14O4/c1-8(2)18-12-5-4-11-13(16)10(6-15)7-17-14(11)9(12)3/h4-8H,1-3H3. The van der Waals surface area contributed by atoms with E-state index in [1.165, 1.54) is 6.26 Å². The highest BCUT2D eigenvalue weighted by Crippen LogP contribution is 2.26. The maximum absolute atomic E-state index is 11.9. The third-order valence-corrected chi connectivity index (χ3v) is 2.66. The molecule has 94 valence electrons. The summed E-state index contributed by atoms with van der Waals surface area (Å²) in [7, 11) is 0. The van der Waals surface area contributed by atoms with Gasteiger partial charge in [0, 0.05) is 5.56 Å². The van der Waals surface area contributed by atoms with Gasteiger partial charge in [-0.15, -0.1) is 0 Å². The molecule has 0 saturated heterocycles. The molecule has 0 aliphatic heterocycles. The Balaban J connectivity index is 2.70. The first kappa shape index (κ1) is 12.4. The number of aldehydes is 1. The van der Waals surface area contributed by atoms with E-state index < -0.39 is 0 Å². The summed E-state index contributed by atoms with van der Waals surface area (Å²) < 4.78 is 11.0. The maximum Gasteiger partial charge on any atom is 0.203 e. The number of carbonyl (C=O) groups excluding carboxylic acids is 1. The fourth-order valence-corrected chi connectivity index (χ4v) is 1.80. The fourth-order valence-electron chi connectivity index (χ4n) is 1.80. The predicted octanol–water partition coefficient (Wildman–Crippen LogP) is 2.70. The lowest BCUT2D eigenvalue weighted by atomic mass is 10.1. The number of rotatable bonds is 3. The summed E-state index contributed by atoms with van der Waals surface area (Å²) in [6.45, 7) is 5.67. The summed E-state index contributed by atoms with van der Waals surface area (Å²) >= 11 is 0. The average Bonchev–Trinajstić information content (AvgIpc) is 2.33. The number of aryl methyl sites for hydroxylation is 1. The van der Waals surface area contributed by atoms with Gasteiger partial charge in [0.2, 0.25) is 5.43 Å². The van der Waals surface area contributed by atoms with E-state index in [9.17, 15) is 9.59 Å². The van der Waals surface area contributed by atoms with Crippen molar-refractivity contribution in [2.24, 2.45) is 0 Å². The smallest absolute Gasteiger partial charge is 0.203 e.